The average Bonchev–Trinajstić information content (AvgIpc) is 3.10. The number of thiophene rings is 1. The topological polar surface area (TPSA) is 44.1 Å². The summed E-state index contributed by atoms with van der Waals surface area (Å²) in [5.41, 5.74) is 1.39. The molecule has 0 fully saturated rings. The number of aryl methyl sites for hydroxylation is 2. The number of thioether (sulfide) groups is 1. The Balaban J connectivity index is 1.58. The number of aromatic nitrogens is 2. The van der Waals surface area contributed by atoms with Crippen molar-refractivity contribution in [2.45, 2.75) is 57.7 Å². The molecular formula is C23H27ClN2O2S2. The van der Waals surface area contributed by atoms with Crippen LogP contribution in [0.3, 0.4) is 0 Å². The highest BCUT2D eigenvalue weighted by atomic mass is 35.5. The Bertz CT molecular complexity index is 1090. The first-order chi connectivity index (χ1) is 14.5. The summed E-state index contributed by atoms with van der Waals surface area (Å²) in [6.45, 7) is 5.59. The standard InChI is InChI=1S/C23H27ClN2O2S2/c1-15(2)11-12-26-22(27)20-16-7-3-6-10-19(16)30-21(20)25-23(26)29-14-13-28-18-9-5-4-8-17(18)24/h4-5,8-9,15H,3,6-7,10-14H2,1-2H3. The highest BCUT2D eigenvalue weighted by molar-refractivity contribution is 7.99. The molecule has 2 heterocycles. The number of halogens is 1. The Morgan fingerprint density at radius 2 is 2.07 bits per heavy atom. The number of para-hydroxylation sites is 1. The molecule has 0 radical (unpaired) electrons. The number of benzene rings is 1. The molecule has 3 aromatic rings. The SMILES string of the molecule is CC(C)CCn1c(SCCOc2ccccc2Cl)nc2sc3c(c2c1=O)CCCC3. The van der Waals surface area contributed by atoms with Crippen molar-refractivity contribution >= 4 is 44.9 Å². The van der Waals surface area contributed by atoms with Crippen molar-refractivity contribution in [1.29, 1.82) is 0 Å². The van der Waals surface area contributed by atoms with Crippen LogP contribution < -0.4 is 10.3 Å². The summed E-state index contributed by atoms with van der Waals surface area (Å²) in [6.07, 6.45) is 5.43. The van der Waals surface area contributed by atoms with Gasteiger partial charge in [0.25, 0.3) is 5.56 Å². The van der Waals surface area contributed by atoms with Gasteiger partial charge in [-0.2, -0.15) is 0 Å². The van der Waals surface area contributed by atoms with Gasteiger partial charge < -0.3 is 4.74 Å². The van der Waals surface area contributed by atoms with Gasteiger partial charge in [-0.3, -0.25) is 9.36 Å². The summed E-state index contributed by atoms with van der Waals surface area (Å²) >= 11 is 9.47. The molecule has 0 bridgehead atoms. The molecule has 0 amide bonds. The zero-order chi connectivity index (χ0) is 21.1. The minimum Gasteiger partial charge on any atom is -0.491 e. The third-order valence-corrected chi connectivity index (χ3v) is 7.82. The summed E-state index contributed by atoms with van der Waals surface area (Å²) in [6, 6.07) is 7.48. The second-order valence-corrected chi connectivity index (χ2v) is 10.6. The van der Waals surface area contributed by atoms with E-state index < -0.39 is 0 Å². The third kappa shape index (κ3) is 4.71. The van der Waals surface area contributed by atoms with Gasteiger partial charge in [0, 0.05) is 17.2 Å². The first kappa shape index (κ1) is 21.7. The molecule has 30 heavy (non-hydrogen) atoms. The fourth-order valence-corrected chi connectivity index (χ4v) is 6.10. The van der Waals surface area contributed by atoms with Crippen LogP contribution in [0.25, 0.3) is 10.2 Å². The second kappa shape index (κ2) is 9.75. The summed E-state index contributed by atoms with van der Waals surface area (Å²) < 4.78 is 7.71. The second-order valence-electron chi connectivity index (χ2n) is 8.05. The molecule has 160 valence electrons. The first-order valence-electron chi connectivity index (χ1n) is 10.6. The van der Waals surface area contributed by atoms with Crippen LogP contribution in [0.4, 0.5) is 0 Å². The maximum atomic E-state index is 13.5. The van der Waals surface area contributed by atoms with Crippen LogP contribution in [0, 0.1) is 5.92 Å². The van der Waals surface area contributed by atoms with Gasteiger partial charge in [0.15, 0.2) is 5.16 Å². The Labute approximate surface area is 190 Å². The molecule has 0 spiro atoms. The molecule has 7 heteroatoms. The zero-order valence-corrected chi connectivity index (χ0v) is 19.8. The van der Waals surface area contributed by atoms with Gasteiger partial charge in [-0.05, 0) is 55.7 Å². The lowest BCUT2D eigenvalue weighted by Crippen LogP contribution is -2.24. The lowest BCUT2D eigenvalue weighted by molar-refractivity contribution is 0.344. The van der Waals surface area contributed by atoms with E-state index in [4.69, 9.17) is 21.3 Å². The summed E-state index contributed by atoms with van der Waals surface area (Å²) in [4.78, 5) is 20.7. The van der Waals surface area contributed by atoms with Gasteiger partial charge in [-0.1, -0.05) is 49.3 Å². The van der Waals surface area contributed by atoms with Crippen LogP contribution in [0.1, 0.15) is 43.6 Å². The maximum Gasteiger partial charge on any atom is 0.263 e. The fraction of sp³-hybridized carbons (Fsp3) is 0.478. The minimum atomic E-state index is 0.134. The summed E-state index contributed by atoms with van der Waals surface area (Å²) in [5, 5.41) is 2.28. The number of ether oxygens (including phenoxy) is 1. The number of hydrogen-bond acceptors (Lipinski definition) is 5. The predicted octanol–water partition coefficient (Wildman–Crippen LogP) is 6.21. The largest absolute Gasteiger partial charge is 0.491 e. The molecule has 0 N–H and O–H groups in total. The van der Waals surface area contributed by atoms with E-state index in [1.807, 2.05) is 28.8 Å². The Morgan fingerprint density at radius 1 is 1.27 bits per heavy atom. The van der Waals surface area contributed by atoms with E-state index in [9.17, 15) is 4.79 Å². The summed E-state index contributed by atoms with van der Waals surface area (Å²) in [5.74, 6) is 1.92. The quantitative estimate of drug-likeness (QED) is 0.227. The Morgan fingerprint density at radius 3 is 2.87 bits per heavy atom. The molecule has 4 rings (SSSR count). The van der Waals surface area contributed by atoms with Crippen LogP contribution in [-0.4, -0.2) is 21.9 Å². The molecule has 4 nitrogen and oxygen atoms in total. The zero-order valence-electron chi connectivity index (χ0n) is 17.4. The van der Waals surface area contributed by atoms with Gasteiger partial charge in [0.2, 0.25) is 0 Å². The maximum absolute atomic E-state index is 13.5. The highest BCUT2D eigenvalue weighted by Gasteiger charge is 2.22. The van der Waals surface area contributed by atoms with E-state index in [1.54, 1.807) is 23.1 Å². The Hall–Kier alpha value is -1.50. The van der Waals surface area contributed by atoms with Crippen LogP contribution in [0.2, 0.25) is 5.02 Å². The lowest BCUT2D eigenvalue weighted by atomic mass is 9.97. The van der Waals surface area contributed by atoms with Crippen LogP contribution in [0.15, 0.2) is 34.2 Å². The van der Waals surface area contributed by atoms with Crippen molar-refractivity contribution in [3.05, 3.63) is 50.1 Å². The number of hydrogen-bond donors (Lipinski definition) is 0. The number of fused-ring (bicyclic) bond motifs is 3. The molecule has 0 atom stereocenters. The molecule has 0 aliphatic heterocycles. The smallest absolute Gasteiger partial charge is 0.263 e. The molecule has 0 saturated heterocycles. The van der Waals surface area contributed by atoms with Crippen molar-refractivity contribution < 1.29 is 4.74 Å². The van der Waals surface area contributed by atoms with Crippen molar-refractivity contribution in [3.8, 4) is 5.75 Å². The highest BCUT2D eigenvalue weighted by Crippen LogP contribution is 2.35. The molecule has 1 aliphatic carbocycles. The predicted molar refractivity (Wildman–Crippen MR) is 128 cm³/mol. The van der Waals surface area contributed by atoms with Gasteiger partial charge >= 0.3 is 0 Å². The van der Waals surface area contributed by atoms with Gasteiger partial charge in [0.1, 0.15) is 10.6 Å². The van der Waals surface area contributed by atoms with Gasteiger partial charge in [0.05, 0.1) is 17.0 Å². The minimum absolute atomic E-state index is 0.134. The summed E-state index contributed by atoms with van der Waals surface area (Å²) in [7, 11) is 0. The first-order valence-corrected chi connectivity index (χ1v) is 12.8. The molecule has 1 aromatic carbocycles. The Kier molecular flexibility index (Phi) is 7.06. The van der Waals surface area contributed by atoms with E-state index in [2.05, 4.69) is 13.8 Å². The van der Waals surface area contributed by atoms with E-state index >= 15 is 0 Å². The molecule has 0 unspecified atom stereocenters. The van der Waals surface area contributed by atoms with Crippen molar-refractivity contribution in [1.82, 2.24) is 9.55 Å². The van der Waals surface area contributed by atoms with E-state index in [0.717, 1.165) is 34.6 Å². The number of nitrogens with zero attached hydrogens (tertiary/aromatic N) is 2. The molecular weight excluding hydrogens is 436 g/mol. The van der Waals surface area contributed by atoms with Crippen LogP contribution >= 0.6 is 34.7 Å². The van der Waals surface area contributed by atoms with E-state index in [0.29, 0.717) is 35.6 Å². The van der Waals surface area contributed by atoms with Crippen molar-refractivity contribution in [2.75, 3.05) is 12.4 Å². The van der Waals surface area contributed by atoms with Gasteiger partial charge in [-0.15, -0.1) is 11.3 Å². The molecule has 0 saturated carbocycles. The lowest BCUT2D eigenvalue weighted by Gasteiger charge is -2.14. The normalized spacial score (nSPS) is 13.7. The van der Waals surface area contributed by atoms with E-state index in [-0.39, 0.29) is 5.56 Å². The molecule has 2 aromatic heterocycles. The molecule has 1 aliphatic rings. The number of rotatable bonds is 8. The van der Waals surface area contributed by atoms with Crippen molar-refractivity contribution in [3.63, 3.8) is 0 Å². The fourth-order valence-electron chi connectivity index (χ4n) is 3.76. The van der Waals surface area contributed by atoms with Crippen LogP contribution in [-0.2, 0) is 19.4 Å². The third-order valence-electron chi connectivity index (χ3n) is 5.38. The van der Waals surface area contributed by atoms with Crippen LogP contribution in [0.5, 0.6) is 5.75 Å². The van der Waals surface area contributed by atoms with Crippen molar-refractivity contribution in [2.24, 2.45) is 5.92 Å². The monoisotopic (exact) mass is 462 g/mol. The average molecular weight is 463 g/mol. The van der Waals surface area contributed by atoms with E-state index in [1.165, 1.54) is 23.3 Å². The van der Waals surface area contributed by atoms with Gasteiger partial charge in [-0.25, -0.2) is 4.98 Å².